The zero-order valence-electron chi connectivity index (χ0n) is 8.49. The van der Waals surface area contributed by atoms with Gasteiger partial charge < -0.3 is 11.1 Å². The van der Waals surface area contributed by atoms with Crippen LogP contribution in [-0.4, -0.2) is 4.98 Å². The maximum atomic E-state index is 5.80. The molecule has 75 valence electrons. The van der Waals surface area contributed by atoms with Crippen molar-refractivity contribution < 1.29 is 0 Å². The summed E-state index contributed by atoms with van der Waals surface area (Å²) in [6.45, 7) is 1.93. The molecule has 1 aromatic heterocycles. The Kier molecular flexibility index (Phi) is 2.54. The normalized spacial score (nSPS) is 9.93. The molecule has 0 spiro atoms. The van der Waals surface area contributed by atoms with Crippen LogP contribution < -0.4 is 11.1 Å². The maximum Gasteiger partial charge on any atom is 0.153 e. The van der Waals surface area contributed by atoms with Crippen LogP contribution in [0.4, 0.5) is 17.2 Å². The summed E-state index contributed by atoms with van der Waals surface area (Å²) in [6, 6.07) is 14.3. The number of hydrogen-bond donors (Lipinski definition) is 2. The molecule has 3 heteroatoms. The minimum absolute atomic E-state index is 0.643. The van der Waals surface area contributed by atoms with E-state index in [1.54, 1.807) is 0 Å². The number of nitrogens with two attached hydrogens (primary N) is 1. The number of aromatic nitrogens is 1. The summed E-state index contributed by atoms with van der Waals surface area (Å²) in [5, 5.41) is 3.15. The minimum Gasteiger partial charge on any atom is -0.396 e. The SMILES string of the molecule is Cc1ccc(N)c(Nc2c[c]ccc2)n1. The van der Waals surface area contributed by atoms with Crippen LogP contribution in [0.5, 0.6) is 0 Å². The lowest BCUT2D eigenvalue weighted by Crippen LogP contribution is -1.99. The van der Waals surface area contributed by atoms with Crippen LogP contribution in [0.15, 0.2) is 36.4 Å². The molecule has 0 bridgehead atoms. The van der Waals surface area contributed by atoms with Crippen molar-refractivity contribution >= 4 is 17.2 Å². The second-order valence-electron chi connectivity index (χ2n) is 3.31. The Morgan fingerprint density at radius 3 is 2.93 bits per heavy atom. The van der Waals surface area contributed by atoms with Crippen molar-refractivity contribution in [3.63, 3.8) is 0 Å². The first-order valence-electron chi connectivity index (χ1n) is 4.72. The van der Waals surface area contributed by atoms with Crippen LogP contribution in [0.25, 0.3) is 0 Å². The number of rotatable bonds is 2. The van der Waals surface area contributed by atoms with E-state index in [4.69, 9.17) is 5.73 Å². The smallest absolute Gasteiger partial charge is 0.153 e. The summed E-state index contributed by atoms with van der Waals surface area (Å²) in [5.41, 5.74) is 8.31. The fraction of sp³-hybridized carbons (Fsp3) is 0.0833. The molecule has 0 aliphatic rings. The van der Waals surface area contributed by atoms with Crippen LogP contribution in [0.3, 0.4) is 0 Å². The van der Waals surface area contributed by atoms with Crippen molar-refractivity contribution in [2.24, 2.45) is 0 Å². The summed E-state index contributed by atoms with van der Waals surface area (Å²) < 4.78 is 0. The fourth-order valence-electron chi connectivity index (χ4n) is 1.28. The Bertz CT molecular complexity index is 452. The molecule has 0 amide bonds. The highest BCUT2D eigenvalue weighted by atomic mass is 15.0. The van der Waals surface area contributed by atoms with Gasteiger partial charge in [0.25, 0.3) is 0 Å². The molecule has 0 fully saturated rings. The first-order valence-corrected chi connectivity index (χ1v) is 4.72. The highest BCUT2D eigenvalue weighted by molar-refractivity contribution is 5.68. The van der Waals surface area contributed by atoms with Crippen molar-refractivity contribution in [2.45, 2.75) is 6.92 Å². The van der Waals surface area contributed by atoms with E-state index in [0.29, 0.717) is 11.5 Å². The Hall–Kier alpha value is -2.03. The molecule has 0 aliphatic carbocycles. The summed E-state index contributed by atoms with van der Waals surface area (Å²) >= 11 is 0. The number of nitrogens with one attached hydrogen (secondary N) is 1. The second kappa shape index (κ2) is 4.00. The largest absolute Gasteiger partial charge is 0.396 e. The van der Waals surface area contributed by atoms with E-state index in [-0.39, 0.29) is 0 Å². The minimum atomic E-state index is 0.643. The lowest BCUT2D eigenvalue weighted by atomic mass is 10.3. The van der Waals surface area contributed by atoms with Crippen LogP contribution in [0, 0.1) is 13.0 Å². The predicted molar refractivity (Wildman–Crippen MR) is 61.9 cm³/mol. The molecule has 0 saturated heterocycles. The summed E-state index contributed by atoms with van der Waals surface area (Å²) in [6.07, 6.45) is 0. The monoisotopic (exact) mass is 198 g/mol. The van der Waals surface area contributed by atoms with Crippen LogP contribution in [0.1, 0.15) is 5.69 Å². The van der Waals surface area contributed by atoms with Gasteiger partial charge in [0.05, 0.1) is 5.69 Å². The van der Waals surface area contributed by atoms with E-state index in [1.165, 1.54) is 0 Å². The van der Waals surface area contributed by atoms with E-state index < -0.39 is 0 Å². The number of nitrogen functional groups attached to an aromatic ring is 1. The molecular formula is C12H12N3. The molecule has 15 heavy (non-hydrogen) atoms. The Balaban J connectivity index is 2.28. The third-order valence-electron chi connectivity index (χ3n) is 2.04. The maximum absolute atomic E-state index is 5.80. The van der Waals surface area contributed by atoms with Gasteiger partial charge in [0, 0.05) is 11.4 Å². The first-order chi connectivity index (χ1) is 7.25. The highest BCUT2D eigenvalue weighted by Gasteiger charge is 2.00. The van der Waals surface area contributed by atoms with Gasteiger partial charge in [-0.15, -0.1) is 0 Å². The van der Waals surface area contributed by atoms with Crippen molar-refractivity contribution in [1.82, 2.24) is 4.98 Å². The van der Waals surface area contributed by atoms with Gasteiger partial charge in [-0.3, -0.25) is 0 Å². The average Bonchev–Trinajstić information content (AvgIpc) is 2.25. The fourth-order valence-corrected chi connectivity index (χ4v) is 1.28. The third-order valence-corrected chi connectivity index (χ3v) is 2.04. The number of aryl methyl sites for hydroxylation is 1. The van der Waals surface area contributed by atoms with Crippen molar-refractivity contribution in [3.05, 3.63) is 48.2 Å². The quantitative estimate of drug-likeness (QED) is 0.779. The van der Waals surface area contributed by atoms with Crippen molar-refractivity contribution in [1.29, 1.82) is 0 Å². The number of pyridine rings is 1. The molecule has 0 atom stereocenters. The Morgan fingerprint density at radius 2 is 2.20 bits per heavy atom. The molecule has 2 aromatic rings. The van der Waals surface area contributed by atoms with Crippen LogP contribution in [-0.2, 0) is 0 Å². The van der Waals surface area contributed by atoms with E-state index in [9.17, 15) is 0 Å². The summed E-state index contributed by atoms with van der Waals surface area (Å²) in [4.78, 5) is 4.32. The molecule has 0 unspecified atom stereocenters. The van der Waals surface area contributed by atoms with E-state index in [2.05, 4.69) is 16.4 Å². The third kappa shape index (κ3) is 2.26. The molecule has 1 aromatic carbocycles. The van der Waals surface area contributed by atoms with Crippen LogP contribution in [0.2, 0.25) is 0 Å². The van der Waals surface area contributed by atoms with Gasteiger partial charge in [-0.25, -0.2) is 4.98 Å². The predicted octanol–water partition coefficient (Wildman–Crippen LogP) is 2.52. The number of nitrogens with zero attached hydrogens (tertiary/aromatic N) is 1. The van der Waals surface area contributed by atoms with Crippen LogP contribution >= 0.6 is 0 Å². The molecule has 1 radical (unpaired) electrons. The zero-order chi connectivity index (χ0) is 10.7. The molecular weight excluding hydrogens is 186 g/mol. The van der Waals surface area contributed by atoms with Gasteiger partial charge >= 0.3 is 0 Å². The Morgan fingerprint density at radius 1 is 1.33 bits per heavy atom. The second-order valence-corrected chi connectivity index (χ2v) is 3.31. The zero-order valence-corrected chi connectivity index (χ0v) is 8.49. The van der Waals surface area contributed by atoms with Gasteiger partial charge in [-0.05, 0) is 37.3 Å². The number of benzene rings is 1. The highest BCUT2D eigenvalue weighted by Crippen LogP contribution is 2.20. The average molecular weight is 198 g/mol. The van der Waals surface area contributed by atoms with Gasteiger partial charge in [-0.2, -0.15) is 0 Å². The molecule has 0 saturated carbocycles. The summed E-state index contributed by atoms with van der Waals surface area (Å²) in [5.74, 6) is 0.689. The molecule has 1 heterocycles. The lowest BCUT2D eigenvalue weighted by Gasteiger charge is -2.08. The van der Waals surface area contributed by atoms with Crippen molar-refractivity contribution in [2.75, 3.05) is 11.1 Å². The topological polar surface area (TPSA) is 50.9 Å². The Labute approximate surface area is 89.0 Å². The van der Waals surface area contributed by atoms with Crippen molar-refractivity contribution in [3.8, 4) is 0 Å². The van der Waals surface area contributed by atoms with Gasteiger partial charge in [0.15, 0.2) is 5.82 Å². The molecule has 2 rings (SSSR count). The van der Waals surface area contributed by atoms with E-state index in [1.807, 2.05) is 43.3 Å². The van der Waals surface area contributed by atoms with E-state index in [0.717, 1.165) is 11.4 Å². The first kappa shape index (κ1) is 9.52. The van der Waals surface area contributed by atoms with Gasteiger partial charge in [0.2, 0.25) is 0 Å². The molecule has 0 aliphatic heterocycles. The number of hydrogen-bond acceptors (Lipinski definition) is 3. The molecule has 3 nitrogen and oxygen atoms in total. The number of anilines is 3. The lowest BCUT2D eigenvalue weighted by molar-refractivity contribution is 1.20. The summed E-state index contributed by atoms with van der Waals surface area (Å²) in [7, 11) is 0. The standard InChI is InChI=1S/C12H12N3/c1-9-7-8-11(13)12(14-9)15-10-5-3-2-4-6-10/h2-3,5-8H,13H2,1H3,(H,14,15). The van der Waals surface area contributed by atoms with Gasteiger partial charge in [-0.1, -0.05) is 12.1 Å². The van der Waals surface area contributed by atoms with E-state index >= 15 is 0 Å². The molecule has 3 N–H and O–H groups in total. The van der Waals surface area contributed by atoms with Gasteiger partial charge in [0.1, 0.15) is 0 Å².